The Morgan fingerprint density at radius 2 is 1.96 bits per heavy atom. The first-order valence-corrected chi connectivity index (χ1v) is 9.91. The van der Waals surface area contributed by atoms with Crippen molar-refractivity contribution in [3.05, 3.63) is 86.6 Å². The first kappa shape index (κ1) is 18.3. The smallest absolute Gasteiger partial charge is 0.215 e. The molecule has 0 radical (unpaired) electrons. The molecule has 1 unspecified atom stereocenters. The molecule has 7 heteroatoms. The SMILES string of the molecule is O=[N+]([O-])CC(c1cccs1)c1c(-c2ccccc2)[nH]c2c(N=C=S)cccc12. The zero-order valence-corrected chi connectivity index (χ0v) is 16.3. The Morgan fingerprint density at radius 1 is 1.14 bits per heavy atom. The van der Waals surface area contributed by atoms with Crippen LogP contribution < -0.4 is 0 Å². The molecule has 2 aromatic carbocycles. The number of fused-ring (bicyclic) bond motifs is 1. The molecule has 4 rings (SSSR count). The normalized spacial score (nSPS) is 11.9. The number of benzene rings is 2. The highest BCUT2D eigenvalue weighted by molar-refractivity contribution is 7.78. The summed E-state index contributed by atoms with van der Waals surface area (Å²) in [6.07, 6.45) is 0. The van der Waals surface area contributed by atoms with E-state index >= 15 is 0 Å². The van der Waals surface area contributed by atoms with Crippen LogP contribution in [0.5, 0.6) is 0 Å². The molecule has 0 saturated carbocycles. The quantitative estimate of drug-likeness (QED) is 0.184. The van der Waals surface area contributed by atoms with Gasteiger partial charge < -0.3 is 4.98 Å². The Hall–Kier alpha value is -3.12. The summed E-state index contributed by atoms with van der Waals surface area (Å²) in [7, 11) is 0. The highest BCUT2D eigenvalue weighted by atomic mass is 32.1. The summed E-state index contributed by atoms with van der Waals surface area (Å²) < 4.78 is 0. The maximum absolute atomic E-state index is 11.5. The van der Waals surface area contributed by atoms with Crippen molar-refractivity contribution >= 4 is 45.3 Å². The van der Waals surface area contributed by atoms with Gasteiger partial charge in [-0.25, -0.2) is 0 Å². The number of nitro groups is 1. The number of rotatable bonds is 6. The number of para-hydroxylation sites is 1. The van der Waals surface area contributed by atoms with Gasteiger partial charge in [0, 0.05) is 20.8 Å². The number of nitrogens with zero attached hydrogens (tertiary/aromatic N) is 2. The minimum absolute atomic E-state index is 0.187. The molecule has 0 bridgehead atoms. The molecule has 0 saturated heterocycles. The third kappa shape index (κ3) is 3.39. The lowest BCUT2D eigenvalue weighted by Gasteiger charge is -2.14. The summed E-state index contributed by atoms with van der Waals surface area (Å²) >= 11 is 6.31. The van der Waals surface area contributed by atoms with Gasteiger partial charge in [0.05, 0.1) is 28.0 Å². The molecule has 4 aromatic rings. The molecule has 0 aliphatic carbocycles. The van der Waals surface area contributed by atoms with Crippen molar-refractivity contribution in [1.29, 1.82) is 0 Å². The summed E-state index contributed by atoms with van der Waals surface area (Å²) in [5.41, 5.74) is 4.21. The highest BCUT2D eigenvalue weighted by Crippen LogP contribution is 2.42. The lowest BCUT2D eigenvalue weighted by Crippen LogP contribution is -2.13. The lowest BCUT2D eigenvalue weighted by atomic mass is 9.92. The molecule has 0 aliphatic heterocycles. The third-order valence-electron chi connectivity index (χ3n) is 4.65. The molecule has 1 N–H and O–H groups in total. The first-order chi connectivity index (χ1) is 13.7. The van der Waals surface area contributed by atoms with Crippen molar-refractivity contribution in [2.75, 3.05) is 6.54 Å². The summed E-state index contributed by atoms with van der Waals surface area (Å²) in [5, 5.41) is 16.8. The number of nitrogens with one attached hydrogen (secondary N) is 1. The van der Waals surface area contributed by atoms with Crippen molar-refractivity contribution in [2.24, 2.45) is 4.99 Å². The van der Waals surface area contributed by atoms with E-state index in [2.05, 4.69) is 15.1 Å². The van der Waals surface area contributed by atoms with E-state index in [1.54, 1.807) is 0 Å². The molecule has 0 amide bonds. The van der Waals surface area contributed by atoms with Gasteiger partial charge in [-0.2, -0.15) is 4.99 Å². The van der Waals surface area contributed by atoms with Crippen molar-refractivity contribution in [1.82, 2.24) is 4.98 Å². The van der Waals surface area contributed by atoms with E-state index in [4.69, 9.17) is 12.2 Å². The standard InChI is InChI=1S/C21H15N3O2S2/c25-24(26)12-16(18-10-5-11-28-18)19-15-8-4-9-17(22-13-27)21(15)23-20(19)14-6-2-1-3-7-14/h1-11,16,23H,12H2. The Kier molecular flexibility index (Phi) is 5.12. The van der Waals surface area contributed by atoms with Crippen molar-refractivity contribution < 1.29 is 4.92 Å². The Morgan fingerprint density at radius 3 is 2.64 bits per heavy atom. The molecule has 0 spiro atoms. The average molecular weight is 406 g/mol. The van der Waals surface area contributed by atoms with Crippen LogP contribution in [0, 0.1) is 10.1 Å². The predicted octanol–water partition coefficient (Wildman–Crippen LogP) is 6.04. The molecule has 0 fully saturated rings. The third-order valence-corrected chi connectivity index (χ3v) is 5.72. The molecule has 5 nitrogen and oxygen atoms in total. The van der Waals surface area contributed by atoms with Crippen LogP contribution in [0.2, 0.25) is 0 Å². The number of thiophene rings is 1. The lowest BCUT2D eigenvalue weighted by molar-refractivity contribution is -0.481. The summed E-state index contributed by atoms with van der Waals surface area (Å²) in [4.78, 5) is 19.8. The second kappa shape index (κ2) is 7.86. The Bertz CT molecular complexity index is 1180. The fourth-order valence-electron chi connectivity index (χ4n) is 3.52. The molecular formula is C21H15N3O2S2. The molecule has 138 valence electrons. The minimum atomic E-state index is -0.370. The largest absolute Gasteiger partial charge is 0.352 e. The number of hydrogen-bond donors (Lipinski definition) is 1. The van der Waals surface area contributed by atoms with Crippen LogP contribution in [0.15, 0.2) is 71.0 Å². The summed E-state index contributed by atoms with van der Waals surface area (Å²) in [6, 6.07) is 19.4. The van der Waals surface area contributed by atoms with Crippen LogP contribution in [0.3, 0.4) is 0 Å². The van der Waals surface area contributed by atoms with E-state index in [9.17, 15) is 10.1 Å². The number of aliphatic imine (C=N–C) groups is 1. The van der Waals surface area contributed by atoms with E-state index in [0.717, 1.165) is 32.6 Å². The van der Waals surface area contributed by atoms with Gasteiger partial charge in [-0.05, 0) is 35.3 Å². The Labute approximate surface area is 170 Å². The van der Waals surface area contributed by atoms with E-state index in [-0.39, 0.29) is 17.4 Å². The van der Waals surface area contributed by atoms with E-state index in [1.165, 1.54) is 11.3 Å². The van der Waals surface area contributed by atoms with Gasteiger partial charge >= 0.3 is 0 Å². The number of H-pyrrole nitrogens is 1. The number of aromatic nitrogens is 1. The van der Waals surface area contributed by atoms with Gasteiger partial charge in [-0.3, -0.25) is 10.1 Å². The van der Waals surface area contributed by atoms with Gasteiger partial charge in [-0.15, -0.1) is 11.3 Å². The monoisotopic (exact) mass is 405 g/mol. The molecular weight excluding hydrogens is 390 g/mol. The zero-order valence-electron chi connectivity index (χ0n) is 14.7. The topological polar surface area (TPSA) is 71.3 Å². The van der Waals surface area contributed by atoms with Crippen LogP contribution in [-0.4, -0.2) is 21.6 Å². The molecule has 28 heavy (non-hydrogen) atoms. The van der Waals surface area contributed by atoms with Crippen molar-refractivity contribution in [3.63, 3.8) is 0 Å². The molecule has 0 aliphatic rings. The van der Waals surface area contributed by atoms with Crippen LogP contribution in [0.25, 0.3) is 22.2 Å². The van der Waals surface area contributed by atoms with Gasteiger partial charge in [0.1, 0.15) is 0 Å². The Balaban J connectivity index is 2.05. The summed E-state index contributed by atoms with van der Waals surface area (Å²) in [5.74, 6) is -0.370. The molecule has 1 atom stereocenters. The van der Waals surface area contributed by atoms with Crippen LogP contribution in [-0.2, 0) is 0 Å². The van der Waals surface area contributed by atoms with Crippen LogP contribution in [0.1, 0.15) is 16.4 Å². The molecule has 2 heterocycles. The fourth-order valence-corrected chi connectivity index (χ4v) is 4.45. The van der Waals surface area contributed by atoms with Crippen LogP contribution >= 0.6 is 23.6 Å². The zero-order chi connectivity index (χ0) is 19.5. The van der Waals surface area contributed by atoms with Gasteiger partial charge in [-0.1, -0.05) is 48.5 Å². The van der Waals surface area contributed by atoms with E-state index in [1.807, 2.05) is 66.0 Å². The molecule has 2 aromatic heterocycles. The second-order valence-electron chi connectivity index (χ2n) is 6.27. The fraction of sp³-hybridized carbons (Fsp3) is 0.0952. The number of aromatic amines is 1. The second-order valence-corrected chi connectivity index (χ2v) is 7.43. The predicted molar refractivity (Wildman–Crippen MR) is 116 cm³/mol. The maximum Gasteiger partial charge on any atom is 0.215 e. The average Bonchev–Trinajstić information content (AvgIpc) is 3.36. The minimum Gasteiger partial charge on any atom is -0.352 e. The first-order valence-electron chi connectivity index (χ1n) is 8.62. The maximum atomic E-state index is 11.5. The van der Waals surface area contributed by atoms with Crippen molar-refractivity contribution in [3.8, 4) is 11.3 Å². The number of hydrogen-bond acceptors (Lipinski definition) is 5. The van der Waals surface area contributed by atoms with Gasteiger partial charge in [0.25, 0.3) is 0 Å². The highest BCUT2D eigenvalue weighted by Gasteiger charge is 2.28. The summed E-state index contributed by atoms with van der Waals surface area (Å²) in [6.45, 7) is -0.187. The number of isothiocyanates is 1. The van der Waals surface area contributed by atoms with Crippen LogP contribution in [0.4, 0.5) is 5.69 Å². The van der Waals surface area contributed by atoms with Gasteiger partial charge in [0.2, 0.25) is 6.54 Å². The van der Waals surface area contributed by atoms with Crippen molar-refractivity contribution in [2.45, 2.75) is 5.92 Å². The van der Waals surface area contributed by atoms with E-state index < -0.39 is 0 Å². The number of thiocarbonyl (C=S) groups is 1. The van der Waals surface area contributed by atoms with Gasteiger partial charge in [0.15, 0.2) is 0 Å². The van der Waals surface area contributed by atoms with E-state index in [0.29, 0.717) is 5.69 Å².